The third kappa shape index (κ3) is 6.98. The van der Waals surface area contributed by atoms with Crippen LogP contribution >= 0.6 is 23.2 Å². The number of ether oxygens (including phenoxy) is 2. The number of nitrogens with one attached hydrogen (secondary N) is 1. The Morgan fingerprint density at radius 3 is 2.41 bits per heavy atom. The topological polar surface area (TPSA) is 91.9 Å². The number of hydrogen-bond acceptors (Lipinski definition) is 5. The van der Waals surface area contributed by atoms with Crippen LogP contribution in [-0.2, 0) is 27.8 Å². The molecule has 0 spiro atoms. The number of sulfonamides is 1. The SMILES string of the molecule is COc1ccc(CN(CCc2c[nH]c3ccccc23)C(=O)CN(C(C)C)S(=O)(=O)c2cc(Cl)ccc2Cl)cc1OC. The van der Waals surface area contributed by atoms with Gasteiger partial charge in [-0.2, -0.15) is 4.31 Å². The van der Waals surface area contributed by atoms with Crippen molar-refractivity contribution in [3.8, 4) is 11.5 Å². The number of H-pyrrole nitrogens is 1. The van der Waals surface area contributed by atoms with E-state index in [4.69, 9.17) is 32.7 Å². The minimum absolute atomic E-state index is 0.0361. The number of para-hydroxylation sites is 1. The number of fused-ring (bicyclic) bond motifs is 1. The van der Waals surface area contributed by atoms with Crippen molar-refractivity contribution in [3.63, 3.8) is 0 Å². The third-order valence-corrected chi connectivity index (χ3v) is 9.59. The van der Waals surface area contributed by atoms with Gasteiger partial charge in [0, 0.05) is 41.3 Å². The Bertz CT molecular complexity index is 1640. The lowest BCUT2D eigenvalue weighted by atomic mass is 10.1. The van der Waals surface area contributed by atoms with Crippen molar-refractivity contribution in [1.82, 2.24) is 14.2 Å². The van der Waals surface area contributed by atoms with Gasteiger partial charge in [-0.15, -0.1) is 0 Å². The van der Waals surface area contributed by atoms with E-state index < -0.39 is 16.1 Å². The van der Waals surface area contributed by atoms with Crippen LogP contribution in [0.4, 0.5) is 0 Å². The second-order valence-corrected chi connectivity index (χ2v) is 12.5. The minimum Gasteiger partial charge on any atom is -0.493 e. The molecule has 0 saturated carbocycles. The minimum atomic E-state index is -4.13. The zero-order chi connectivity index (χ0) is 29.7. The first kappa shape index (κ1) is 30.7. The van der Waals surface area contributed by atoms with Crippen LogP contribution in [0.5, 0.6) is 11.5 Å². The van der Waals surface area contributed by atoms with Gasteiger partial charge in [-0.05, 0) is 67.8 Å². The van der Waals surface area contributed by atoms with E-state index in [-0.39, 0.29) is 33.9 Å². The van der Waals surface area contributed by atoms with Gasteiger partial charge in [0.2, 0.25) is 15.9 Å². The maximum atomic E-state index is 13.9. The molecule has 0 radical (unpaired) electrons. The van der Waals surface area contributed by atoms with Crippen molar-refractivity contribution in [1.29, 1.82) is 0 Å². The molecular weight excluding hydrogens is 585 g/mol. The van der Waals surface area contributed by atoms with Gasteiger partial charge in [-0.1, -0.05) is 47.5 Å². The highest BCUT2D eigenvalue weighted by molar-refractivity contribution is 7.89. The monoisotopic (exact) mass is 617 g/mol. The summed E-state index contributed by atoms with van der Waals surface area (Å²) in [7, 11) is -1.03. The van der Waals surface area contributed by atoms with E-state index >= 15 is 0 Å². The number of methoxy groups -OCH3 is 2. The molecule has 0 unspecified atom stereocenters. The molecule has 0 saturated heterocycles. The van der Waals surface area contributed by atoms with Crippen molar-refractivity contribution >= 4 is 50.0 Å². The molecule has 0 fully saturated rings. The molecule has 0 bridgehead atoms. The summed E-state index contributed by atoms with van der Waals surface area (Å²) in [5, 5.41) is 1.35. The van der Waals surface area contributed by atoms with Gasteiger partial charge < -0.3 is 19.4 Å². The zero-order valence-corrected chi connectivity index (χ0v) is 25.7. The van der Waals surface area contributed by atoms with Crippen LogP contribution < -0.4 is 9.47 Å². The Labute approximate surface area is 250 Å². The van der Waals surface area contributed by atoms with E-state index in [0.717, 1.165) is 26.3 Å². The summed E-state index contributed by atoms with van der Waals surface area (Å²) >= 11 is 12.4. The third-order valence-electron chi connectivity index (χ3n) is 6.85. The van der Waals surface area contributed by atoms with E-state index in [2.05, 4.69) is 4.98 Å². The summed E-state index contributed by atoms with van der Waals surface area (Å²) in [4.78, 5) is 18.7. The molecule has 0 aliphatic carbocycles. The fraction of sp³-hybridized carbons (Fsp3) is 0.300. The lowest BCUT2D eigenvalue weighted by Gasteiger charge is -2.30. The number of aromatic nitrogens is 1. The van der Waals surface area contributed by atoms with Crippen LogP contribution in [0.2, 0.25) is 10.0 Å². The van der Waals surface area contributed by atoms with E-state index in [1.807, 2.05) is 42.6 Å². The standard InChI is InChI=1S/C30H33Cl2N3O5S/c1-20(2)35(41(37,38)29-16-23(31)10-11-25(29)32)19-30(36)34(18-21-9-12-27(39-3)28(15-21)40-4)14-13-22-17-33-26-8-6-5-7-24(22)26/h5-12,15-17,20,33H,13-14,18-19H2,1-4H3. The Balaban J connectivity index is 1.64. The highest BCUT2D eigenvalue weighted by Gasteiger charge is 2.32. The molecule has 1 heterocycles. The first-order chi connectivity index (χ1) is 19.5. The van der Waals surface area contributed by atoms with Crippen LogP contribution in [0.1, 0.15) is 25.0 Å². The quantitative estimate of drug-likeness (QED) is 0.205. The summed E-state index contributed by atoms with van der Waals surface area (Å²) in [5.41, 5.74) is 2.88. The summed E-state index contributed by atoms with van der Waals surface area (Å²) in [6.45, 7) is 3.66. The van der Waals surface area contributed by atoms with Crippen molar-refractivity contribution in [2.45, 2.75) is 37.8 Å². The highest BCUT2D eigenvalue weighted by Crippen LogP contribution is 2.30. The van der Waals surface area contributed by atoms with E-state index in [1.165, 1.54) is 18.2 Å². The van der Waals surface area contributed by atoms with E-state index in [9.17, 15) is 13.2 Å². The fourth-order valence-electron chi connectivity index (χ4n) is 4.66. The van der Waals surface area contributed by atoms with Gasteiger partial charge in [0.1, 0.15) is 4.90 Å². The first-order valence-corrected chi connectivity index (χ1v) is 15.2. The van der Waals surface area contributed by atoms with Crippen molar-refractivity contribution < 1.29 is 22.7 Å². The number of amides is 1. The Morgan fingerprint density at radius 2 is 1.71 bits per heavy atom. The van der Waals surface area contributed by atoms with Gasteiger partial charge in [0.15, 0.2) is 11.5 Å². The summed E-state index contributed by atoms with van der Waals surface area (Å²) < 4.78 is 39.3. The van der Waals surface area contributed by atoms with Crippen LogP contribution in [-0.4, -0.2) is 61.9 Å². The van der Waals surface area contributed by atoms with Gasteiger partial charge in [0.25, 0.3) is 0 Å². The summed E-state index contributed by atoms with van der Waals surface area (Å²) in [5.74, 6) is 0.759. The number of carbonyl (C=O) groups is 1. The van der Waals surface area contributed by atoms with Crippen LogP contribution in [0, 0.1) is 0 Å². The predicted molar refractivity (Wildman–Crippen MR) is 162 cm³/mol. The van der Waals surface area contributed by atoms with Gasteiger partial charge in [0.05, 0.1) is 25.8 Å². The first-order valence-electron chi connectivity index (χ1n) is 13.1. The number of nitrogens with zero attached hydrogens (tertiary/aromatic N) is 2. The molecule has 1 aromatic heterocycles. The summed E-state index contributed by atoms with van der Waals surface area (Å²) in [6.07, 6.45) is 2.51. The average molecular weight is 619 g/mol. The average Bonchev–Trinajstić information content (AvgIpc) is 3.37. The molecule has 8 nitrogen and oxygen atoms in total. The van der Waals surface area contributed by atoms with E-state index in [1.54, 1.807) is 39.0 Å². The fourth-order valence-corrected chi connectivity index (χ4v) is 6.99. The largest absolute Gasteiger partial charge is 0.493 e. The smallest absolute Gasteiger partial charge is 0.245 e. The molecule has 218 valence electrons. The van der Waals surface area contributed by atoms with Crippen molar-refractivity contribution in [3.05, 3.63) is 88.0 Å². The Hall–Kier alpha value is -3.24. The molecule has 1 amide bonds. The molecule has 0 aliphatic rings. The van der Waals surface area contributed by atoms with E-state index in [0.29, 0.717) is 24.5 Å². The second-order valence-electron chi connectivity index (χ2n) is 9.83. The van der Waals surface area contributed by atoms with Crippen molar-refractivity contribution in [2.24, 2.45) is 0 Å². The van der Waals surface area contributed by atoms with Gasteiger partial charge in [-0.25, -0.2) is 8.42 Å². The molecule has 3 aromatic carbocycles. The molecule has 0 atom stereocenters. The maximum absolute atomic E-state index is 13.9. The number of benzene rings is 3. The molecule has 4 aromatic rings. The molecule has 11 heteroatoms. The van der Waals surface area contributed by atoms with Crippen molar-refractivity contribution in [2.75, 3.05) is 27.3 Å². The number of halogens is 2. The normalized spacial score (nSPS) is 11.8. The molecule has 1 N–H and O–H groups in total. The predicted octanol–water partition coefficient (Wildman–Crippen LogP) is 6.16. The summed E-state index contributed by atoms with van der Waals surface area (Å²) in [6, 6.07) is 17.1. The molecule has 4 rings (SSSR count). The van der Waals surface area contributed by atoms with Crippen LogP contribution in [0.3, 0.4) is 0 Å². The van der Waals surface area contributed by atoms with Crippen LogP contribution in [0.15, 0.2) is 71.8 Å². The molecule has 0 aliphatic heterocycles. The number of hydrogen-bond donors (Lipinski definition) is 1. The Kier molecular flexibility index (Phi) is 9.86. The number of aromatic amines is 1. The zero-order valence-electron chi connectivity index (χ0n) is 23.4. The number of carbonyl (C=O) groups excluding carboxylic acids is 1. The maximum Gasteiger partial charge on any atom is 0.245 e. The highest BCUT2D eigenvalue weighted by atomic mass is 35.5. The van der Waals surface area contributed by atoms with Crippen LogP contribution in [0.25, 0.3) is 10.9 Å². The Morgan fingerprint density at radius 1 is 0.976 bits per heavy atom. The lowest BCUT2D eigenvalue weighted by Crippen LogP contribution is -2.46. The van der Waals surface area contributed by atoms with Gasteiger partial charge in [-0.3, -0.25) is 4.79 Å². The number of rotatable bonds is 12. The lowest BCUT2D eigenvalue weighted by molar-refractivity contribution is -0.132. The van der Waals surface area contributed by atoms with Gasteiger partial charge >= 0.3 is 0 Å². The second kappa shape index (κ2) is 13.2. The molecular formula is C30H33Cl2N3O5S. The molecule has 41 heavy (non-hydrogen) atoms.